The van der Waals surface area contributed by atoms with Crippen molar-refractivity contribution in [3.05, 3.63) is 76.8 Å². The first-order valence-corrected chi connectivity index (χ1v) is 7.90. The molecule has 0 aliphatic carbocycles. The van der Waals surface area contributed by atoms with E-state index in [1.165, 1.54) is 0 Å². The van der Waals surface area contributed by atoms with E-state index in [1.54, 1.807) is 0 Å². The largest absolute Gasteiger partial charge is 0.105 e. The molecule has 0 saturated carbocycles. The standard InChI is InChI=1S/C18H13Cl2P/c19-15-9-3-1-6-12(15)13-8-5-11-17(21)18(13)14-7-2-4-10-16(14)20/h1-11H,21H2. The maximum atomic E-state index is 6.39. The van der Waals surface area contributed by atoms with Crippen LogP contribution in [0.25, 0.3) is 22.3 Å². The molecule has 0 fully saturated rings. The molecule has 0 nitrogen and oxygen atoms in total. The molecule has 3 heteroatoms. The quantitative estimate of drug-likeness (QED) is 0.519. The van der Waals surface area contributed by atoms with Crippen LogP contribution in [0.2, 0.25) is 10.0 Å². The maximum Gasteiger partial charge on any atom is 0.0484 e. The predicted molar refractivity (Wildman–Crippen MR) is 96.7 cm³/mol. The molecule has 0 heterocycles. The van der Waals surface area contributed by atoms with Gasteiger partial charge in [-0.05, 0) is 28.6 Å². The first-order chi connectivity index (χ1) is 10.2. The van der Waals surface area contributed by atoms with Gasteiger partial charge in [0.2, 0.25) is 0 Å². The van der Waals surface area contributed by atoms with E-state index < -0.39 is 0 Å². The minimum absolute atomic E-state index is 0.737. The molecule has 0 aliphatic rings. The highest BCUT2D eigenvalue weighted by molar-refractivity contribution is 7.28. The second-order valence-corrected chi connectivity index (χ2v) is 6.17. The Labute approximate surface area is 136 Å². The van der Waals surface area contributed by atoms with Crippen molar-refractivity contribution in [3.8, 4) is 22.3 Å². The Morgan fingerprint density at radius 1 is 0.571 bits per heavy atom. The Morgan fingerprint density at radius 3 is 1.71 bits per heavy atom. The van der Waals surface area contributed by atoms with Crippen LogP contribution in [0.15, 0.2) is 66.7 Å². The van der Waals surface area contributed by atoms with Crippen molar-refractivity contribution in [2.24, 2.45) is 0 Å². The van der Waals surface area contributed by atoms with Gasteiger partial charge in [-0.1, -0.05) is 77.8 Å². The molecule has 0 radical (unpaired) electrons. The molecule has 3 aromatic rings. The van der Waals surface area contributed by atoms with Crippen LogP contribution in [-0.2, 0) is 0 Å². The average molecular weight is 331 g/mol. The fraction of sp³-hybridized carbons (Fsp3) is 0. The Bertz CT molecular complexity index is 797. The van der Waals surface area contributed by atoms with E-state index in [-0.39, 0.29) is 0 Å². The zero-order valence-corrected chi connectivity index (χ0v) is 13.9. The molecule has 0 bridgehead atoms. The van der Waals surface area contributed by atoms with Gasteiger partial charge < -0.3 is 0 Å². The van der Waals surface area contributed by atoms with Gasteiger partial charge in [0.05, 0.1) is 0 Å². The zero-order chi connectivity index (χ0) is 14.8. The summed E-state index contributed by atoms with van der Waals surface area (Å²) in [6.07, 6.45) is 0. The summed E-state index contributed by atoms with van der Waals surface area (Å²) in [7, 11) is 2.78. The second-order valence-electron chi connectivity index (χ2n) is 4.73. The van der Waals surface area contributed by atoms with E-state index in [2.05, 4.69) is 21.4 Å². The minimum Gasteiger partial charge on any atom is -0.105 e. The van der Waals surface area contributed by atoms with E-state index in [0.29, 0.717) is 0 Å². The first kappa shape index (κ1) is 14.6. The average Bonchev–Trinajstić information content (AvgIpc) is 2.49. The molecule has 0 spiro atoms. The van der Waals surface area contributed by atoms with Gasteiger partial charge in [-0.3, -0.25) is 0 Å². The van der Waals surface area contributed by atoms with E-state index in [4.69, 9.17) is 23.2 Å². The molecule has 0 N–H and O–H groups in total. The van der Waals surface area contributed by atoms with Gasteiger partial charge in [0.25, 0.3) is 0 Å². The van der Waals surface area contributed by atoms with Gasteiger partial charge >= 0.3 is 0 Å². The third-order valence-electron chi connectivity index (χ3n) is 3.40. The molecule has 0 amide bonds. The highest BCUT2D eigenvalue weighted by Crippen LogP contribution is 2.38. The number of hydrogen-bond acceptors (Lipinski definition) is 0. The fourth-order valence-electron chi connectivity index (χ4n) is 2.44. The van der Waals surface area contributed by atoms with Crippen molar-refractivity contribution in [1.29, 1.82) is 0 Å². The number of halogens is 2. The van der Waals surface area contributed by atoms with E-state index in [0.717, 1.165) is 37.6 Å². The lowest BCUT2D eigenvalue weighted by Gasteiger charge is -2.15. The van der Waals surface area contributed by atoms with Gasteiger partial charge in [-0.15, -0.1) is 9.24 Å². The molecule has 3 aromatic carbocycles. The third kappa shape index (κ3) is 2.85. The van der Waals surface area contributed by atoms with Gasteiger partial charge in [-0.25, -0.2) is 0 Å². The Morgan fingerprint density at radius 2 is 1.10 bits per heavy atom. The summed E-state index contributed by atoms with van der Waals surface area (Å²) >= 11 is 12.8. The fourth-order valence-corrected chi connectivity index (χ4v) is 3.33. The molecular weight excluding hydrogens is 318 g/mol. The van der Waals surface area contributed by atoms with Crippen LogP contribution < -0.4 is 5.30 Å². The molecule has 3 rings (SSSR count). The number of benzene rings is 3. The molecule has 21 heavy (non-hydrogen) atoms. The summed E-state index contributed by atoms with van der Waals surface area (Å²) in [5.74, 6) is 0. The SMILES string of the molecule is Pc1cccc(-c2ccccc2Cl)c1-c1ccccc1Cl. The van der Waals surface area contributed by atoms with Gasteiger partial charge in [0.15, 0.2) is 0 Å². The van der Waals surface area contributed by atoms with Gasteiger partial charge in [0.1, 0.15) is 0 Å². The Kier molecular flexibility index (Phi) is 4.31. The van der Waals surface area contributed by atoms with Crippen molar-refractivity contribution in [3.63, 3.8) is 0 Å². The van der Waals surface area contributed by atoms with E-state index in [1.807, 2.05) is 54.6 Å². The van der Waals surface area contributed by atoms with Crippen molar-refractivity contribution in [1.82, 2.24) is 0 Å². The molecule has 1 atom stereocenters. The predicted octanol–water partition coefficient (Wildman–Crippen LogP) is 5.83. The van der Waals surface area contributed by atoms with Crippen molar-refractivity contribution < 1.29 is 0 Å². The summed E-state index contributed by atoms with van der Waals surface area (Å²) in [6.45, 7) is 0. The van der Waals surface area contributed by atoms with Crippen LogP contribution in [0.4, 0.5) is 0 Å². The highest BCUT2D eigenvalue weighted by Gasteiger charge is 2.14. The van der Waals surface area contributed by atoms with Crippen LogP contribution in [0.3, 0.4) is 0 Å². The smallest absolute Gasteiger partial charge is 0.0484 e. The van der Waals surface area contributed by atoms with E-state index >= 15 is 0 Å². The summed E-state index contributed by atoms with van der Waals surface area (Å²) in [6, 6.07) is 21.9. The highest BCUT2D eigenvalue weighted by atomic mass is 35.5. The normalized spacial score (nSPS) is 10.6. The zero-order valence-electron chi connectivity index (χ0n) is 11.2. The number of hydrogen-bond donors (Lipinski definition) is 0. The van der Waals surface area contributed by atoms with E-state index in [9.17, 15) is 0 Å². The maximum absolute atomic E-state index is 6.39. The van der Waals surface area contributed by atoms with Crippen LogP contribution in [0, 0.1) is 0 Å². The Hall–Kier alpha value is -1.33. The lowest BCUT2D eigenvalue weighted by atomic mass is 9.94. The second kappa shape index (κ2) is 6.20. The molecule has 104 valence electrons. The van der Waals surface area contributed by atoms with Crippen molar-refractivity contribution in [2.45, 2.75) is 0 Å². The lowest BCUT2D eigenvalue weighted by molar-refractivity contribution is 1.60. The van der Waals surface area contributed by atoms with Gasteiger partial charge in [-0.2, -0.15) is 0 Å². The number of rotatable bonds is 2. The van der Waals surface area contributed by atoms with Crippen molar-refractivity contribution >= 4 is 37.7 Å². The molecule has 0 aliphatic heterocycles. The van der Waals surface area contributed by atoms with Crippen LogP contribution in [0.5, 0.6) is 0 Å². The van der Waals surface area contributed by atoms with Crippen LogP contribution in [-0.4, -0.2) is 0 Å². The summed E-state index contributed by atoms with van der Waals surface area (Å²) in [5, 5.41) is 2.57. The summed E-state index contributed by atoms with van der Waals surface area (Å²) < 4.78 is 0. The van der Waals surface area contributed by atoms with Crippen molar-refractivity contribution in [2.75, 3.05) is 0 Å². The van der Waals surface area contributed by atoms with Gasteiger partial charge in [0, 0.05) is 21.2 Å². The summed E-state index contributed by atoms with van der Waals surface area (Å²) in [5.41, 5.74) is 4.21. The molecule has 0 saturated heterocycles. The Balaban J connectivity index is 2.32. The monoisotopic (exact) mass is 330 g/mol. The molecule has 0 aromatic heterocycles. The summed E-state index contributed by atoms with van der Waals surface area (Å²) in [4.78, 5) is 0. The lowest BCUT2D eigenvalue weighted by Crippen LogP contribution is -2.00. The minimum atomic E-state index is 0.737. The topological polar surface area (TPSA) is 0 Å². The van der Waals surface area contributed by atoms with Crippen LogP contribution >= 0.6 is 32.4 Å². The first-order valence-electron chi connectivity index (χ1n) is 6.57. The third-order valence-corrected chi connectivity index (χ3v) is 4.54. The molecular formula is C18H13Cl2P. The van der Waals surface area contributed by atoms with Crippen LogP contribution in [0.1, 0.15) is 0 Å². The molecule has 1 unspecified atom stereocenters.